The van der Waals surface area contributed by atoms with Gasteiger partial charge in [-0.1, -0.05) is 26.0 Å². The van der Waals surface area contributed by atoms with Crippen LogP contribution in [0.15, 0.2) is 48.8 Å². The Bertz CT molecular complexity index is 732. The second-order valence-corrected chi connectivity index (χ2v) is 4.72. The van der Waals surface area contributed by atoms with Gasteiger partial charge in [-0.25, -0.2) is 4.98 Å². The lowest BCUT2D eigenvalue weighted by Gasteiger charge is -2.11. The molecule has 0 aliphatic heterocycles. The summed E-state index contributed by atoms with van der Waals surface area (Å²) in [4.78, 5) is 6.64. The van der Waals surface area contributed by atoms with E-state index in [4.69, 9.17) is 0 Å². The quantitative estimate of drug-likeness (QED) is 0.777. The van der Waals surface area contributed by atoms with Crippen LogP contribution < -0.4 is 4.90 Å². The van der Waals surface area contributed by atoms with Gasteiger partial charge in [0.25, 0.3) is 0 Å². The van der Waals surface area contributed by atoms with E-state index in [1.807, 2.05) is 73.9 Å². The van der Waals surface area contributed by atoms with Gasteiger partial charge in [-0.05, 0) is 18.2 Å². The van der Waals surface area contributed by atoms with Crippen LogP contribution in [-0.2, 0) is 0 Å². The van der Waals surface area contributed by atoms with E-state index in [0.717, 1.165) is 22.6 Å². The average Bonchev–Trinajstić information content (AvgIpc) is 2.92. The zero-order valence-corrected chi connectivity index (χ0v) is 12.9. The van der Waals surface area contributed by atoms with Crippen molar-refractivity contribution in [3.8, 4) is 17.0 Å². The Balaban J connectivity index is 0.000000774. The standard InChI is InChI=1S/C15H15N3O.C2H6/c1-17(2)12-6-7-18-10-14(16-15(18)9-12)11-4-3-5-13(19)8-11;1-2/h3-10,19H,1-2H3;1-2H3. The SMILES string of the molecule is CC.CN(C)c1ccn2cc(-c3cccc(O)c3)nc2c1. The molecule has 0 spiro atoms. The molecule has 0 bridgehead atoms. The van der Waals surface area contributed by atoms with Gasteiger partial charge in [-0.3, -0.25) is 0 Å². The highest BCUT2D eigenvalue weighted by Gasteiger charge is 2.06. The molecule has 1 N–H and O–H groups in total. The normalized spacial score (nSPS) is 10.1. The van der Waals surface area contributed by atoms with Crippen LogP contribution in [0.5, 0.6) is 5.75 Å². The Morgan fingerprint density at radius 3 is 2.52 bits per heavy atom. The molecule has 0 saturated heterocycles. The molecule has 1 aromatic carbocycles. The van der Waals surface area contributed by atoms with Crippen molar-refractivity contribution < 1.29 is 5.11 Å². The van der Waals surface area contributed by atoms with Crippen molar-refractivity contribution >= 4 is 11.3 Å². The van der Waals surface area contributed by atoms with Crippen molar-refractivity contribution in [1.29, 1.82) is 0 Å². The van der Waals surface area contributed by atoms with Crippen molar-refractivity contribution in [2.75, 3.05) is 19.0 Å². The van der Waals surface area contributed by atoms with Gasteiger partial charge in [0.15, 0.2) is 0 Å². The molecule has 0 aliphatic carbocycles. The Kier molecular flexibility index (Phi) is 4.48. The minimum absolute atomic E-state index is 0.253. The van der Waals surface area contributed by atoms with Crippen LogP contribution in [0.1, 0.15) is 13.8 Å². The van der Waals surface area contributed by atoms with Crippen molar-refractivity contribution in [3.63, 3.8) is 0 Å². The van der Waals surface area contributed by atoms with Crippen LogP contribution in [-0.4, -0.2) is 28.6 Å². The van der Waals surface area contributed by atoms with E-state index < -0.39 is 0 Å². The van der Waals surface area contributed by atoms with Crippen molar-refractivity contribution in [2.45, 2.75) is 13.8 Å². The fourth-order valence-corrected chi connectivity index (χ4v) is 2.05. The summed E-state index contributed by atoms with van der Waals surface area (Å²) in [6, 6.07) is 11.2. The number of imidazole rings is 1. The monoisotopic (exact) mass is 283 g/mol. The maximum atomic E-state index is 9.52. The first-order chi connectivity index (χ1) is 10.1. The molecule has 4 heteroatoms. The number of fused-ring (bicyclic) bond motifs is 1. The molecule has 3 rings (SSSR count). The van der Waals surface area contributed by atoms with Crippen LogP contribution >= 0.6 is 0 Å². The zero-order chi connectivity index (χ0) is 15.4. The van der Waals surface area contributed by atoms with Crippen LogP contribution in [0.25, 0.3) is 16.9 Å². The number of nitrogens with zero attached hydrogens (tertiary/aromatic N) is 3. The molecule has 0 radical (unpaired) electrons. The van der Waals surface area contributed by atoms with Gasteiger partial charge in [-0.15, -0.1) is 0 Å². The Morgan fingerprint density at radius 1 is 1.10 bits per heavy atom. The number of benzene rings is 1. The number of hydrogen-bond donors (Lipinski definition) is 1. The largest absolute Gasteiger partial charge is 0.508 e. The highest BCUT2D eigenvalue weighted by molar-refractivity contribution is 5.66. The first kappa shape index (κ1) is 14.9. The van der Waals surface area contributed by atoms with Gasteiger partial charge >= 0.3 is 0 Å². The van der Waals surface area contributed by atoms with E-state index >= 15 is 0 Å². The first-order valence-corrected chi connectivity index (χ1v) is 7.09. The summed E-state index contributed by atoms with van der Waals surface area (Å²) in [7, 11) is 4.01. The summed E-state index contributed by atoms with van der Waals surface area (Å²) in [5.41, 5.74) is 3.77. The Hall–Kier alpha value is -2.49. The summed E-state index contributed by atoms with van der Waals surface area (Å²) in [5.74, 6) is 0.253. The molecular weight excluding hydrogens is 262 g/mol. The van der Waals surface area contributed by atoms with Gasteiger partial charge in [-0.2, -0.15) is 0 Å². The molecule has 2 aromatic heterocycles. The highest BCUT2D eigenvalue weighted by atomic mass is 16.3. The Labute approximate surface area is 125 Å². The number of aromatic hydroxyl groups is 1. The van der Waals surface area contributed by atoms with Gasteiger partial charge in [0.05, 0.1) is 5.69 Å². The molecule has 0 aliphatic rings. The van der Waals surface area contributed by atoms with Crippen molar-refractivity contribution in [1.82, 2.24) is 9.38 Å². The smallest absolute Gasteiger partial charge is 0.139 e. The lowest BCUT2D eigenvalue weighted by molar-refractivity contribution is 0.475. The van der Waals surface area contributed by atoms with Crippen LogP contribution in [0, 0.1) is 0 Å². The maximum absolute atomic E-state index is 9.52. The molecule has 0 unspecified atom stereocenters. The molecule has 110 valence electrons. The van der Waals surface area contributed by atoms with Crippen LogP contribution in [0.2, 0.25) is 0 Å². The lowest BCUT2D eigenvalue weighted by Crippen LogP contribution is -2.08. The molecule has 2 heterocycles. The third-order valence-electron chi connectivity index (χ3n) is 3.10. The molecule has 0 saturated carbocycles. The minimum atomic E-state index is 0.253. The van der Waals surface area contributed by atoms with E-state index in [1.165, 1.54) is 0 Å². The lowest BCUT2D eigenvalue weighted by atomic mass is 10.2. The number of pyridine rings is 1. The summed E-state index contributed by atoms with van der Waals surface area (Å²) < 4.78 is 1.98. The topological polar surface area (TPSA) is 40.8 Å². The molecule has 0 amide bonds. The van der Waals surface area contributed by atoms with E-state index in [2.05, 4.69) is 4.98 Å². The number of phenolic OH excluding ortho intramolecular Hbond substituents is 1. The van der Waals surface area contributed by atoms with Gasteiger partial charge in [0.1, 0.15) is 11.4 Å². The summed E-state index contributed by atoms with van der Waals surface area (Å²) in [6.07, 6.45) is 3.95. The number of hydrogen-bond acceptors (Lipinski definition) is 3. The summed E-state index contributed by atoms with van der Waals surface area (Å²) >= 11 is 0. The Morgan fingerprint density at radius 2 is 1.86 bits per heavy atom. The number of phenols is 1. The molecule has 21 heavy (non-hydrogen) atoms. The average molecular weight is 283 g/mol. The molecule has 4 nitrogen and oxygen atoms in total. The summed E-state index contributed by atoms with van der Waals surface area (Å²) in [5, 5.41) is 9.52. The van der Waals surface area contributed by atoms with Gasteiger partial charge in [0, 0.05) is 43.8 Å². The highest BCUT2D eigenvalue weighted by Crippen LogP contribution is 2.24. The molecule has 3 aromatic rings. The zero-order valence-electron chi connectivity index (χ0n) is 12.9. The van der Waals surface area contributed by atoms with Crippen molar-refractivity contribution in [3.05, 3.63) is 48.8 Å². The van der Waals surface area contributed by atoms with E-state index in [0.29, 0.717) is 0 Å². The second kappa shape index (κ2) is 6.31. The van der Waals surface area contributed by atoms with E-state index in [9.17, 15) is 5.11 Å². The third kappa shape index (κ3) is 3.16. The second-order valence-electron chi connectivity index (χ2n) is 4.72. The van der Waals surface area contributed by atoms with Crippen LogP contribution in [0.3, 0.4) is 0 Å². The first-order valence-electron chi connectivity index (χ1n) is 7.09. The van der Waals surface area contributed by atoms with Gasteiger partial charge in [0.2, 0.25) is 0 Å². The molecular formula is C17H21N3O. The van der Waals surface area contributed by atoms with E-state index in [-0.39, 0.29) is 5.75 Å². The molecule has 0 fully saturated rings. The van der Waals surface area contributed by atoms with Crippen LogP contribution in [0.4, 0.5) is 5.69 Å². The fourth-order valence-electron chi connectivity index (χ4n) is 2.05. The molecule has 0 atom stereocenters. The van der Waals surface area contributed by atoms with E-state index in [1.54, 1.807) is 12.1 Å². The fraction of sp³-hybridized carbons (Fsp3) is 0.235. The number of rotatable bonds is 2. The third-order valence-corrected chi connectivity index (χ3v) is 3.10. The maximum Gasteiger partial charge on any atom is 0.139 e. The predicted molar refractivity (Wildman–Crippen MR) is 88.0 cm³/mol. The van der Waals surface area contributed by atoms with Crippen molar-refractivity contribution in [2.24, 2.45) is 0 Å². The minimum Gasteiger partial charge on any atom is -0.508 e. The van der Waals surface area contributed by atoms with Gasteiger partial charge < -0.3 is 14.4 Å². The summed E-state index contributed by atoms with van der Waals surface area (Å²) in [6.45, 7) is 4.00. The predicted octanol–water partition coefficient (Wildman–Crippen LogP) is 3.80. The number of aromatic nitrogens is 2. The number of anilines is 1.